The molecule has 0 atom stereocenters. The largest absolute Gasteiger partial charge is 0.478 e. The van der Waals surface area contributed by atoms with E-state index in [1.165, 1.54) is 12.1 Å². The summed E-state index contributed by atoms with van der Waals surface area (Å²) in [4.78, 5) is 23.9. The van der Waals surface area contributed by atoms with E-state index in [4.69, 9.17) is 0 Å². The zero-order valence-corrected chi connectivity index (χ0v) is 17.3. The first-order chi connectivity index (χ1) is 14.2. The molecule has 0 saturated heterocycles. The lowest BCUT2D eigenvalue weighted by Crippen LogP contribution is -2.10. The molecular formula is C24H24N2O4. The molecular weight excluding hydrogens is 380 g/mol. The van der Waals surface area contributed by atoms with Gasteiger partial charge in [-0.3, -0.25) is 0 Å². The molecule has 0 fully saturated rings. The van der Waals surface area contributed by atoms with Crippen LogP contribution in [0, 0.1) is 27.7 Å². The molecule has 3 aromatic rings. The molecule has 154 valence electrons. The summed E-state index contributed by atoms with van der Waals surface area (Å²) in [7, 11) is 0. The lowest BCUT2D eigenvalue weighted by Gasteiger charge is -2.17. The number of anilines is 4. The number of nitrogens with one attached hydrogen (secondary N) is 2. The second kappa shape index (κ2) is 8.29. The van der Waals surface area contributed by atoms with Gasteiger partial charge in [-0.25, -0.2) is 9.59 Å². The van der Waals surface area contributed by atoms with Gasteiger partial charge in [0.25, 0.3) is 0 Å². The van der Waals surface area contributed by atoms with Gasteiger partial charge >= 0.3 is 11.9 Å². The summed E-state index contributed by atoms with van der Waals surface area (Å²) in [6, 6.07) is 14.2. The van der Waals surface area contributed by atoms with Crippen molar-refractivity contribution in [2.24, 2.45) is 0 Å². The molecule has 4 N–H and O–H groups in total. The van der Waals surface area contributed by atoms with Crippen LogP contribution < -0.4 is 10.6 Å². The second-order valence-corrected chi connectivity index (χ2v) is 7.44. The highest BCUT2D eigenvalue weighted by Gasteiger charge is 2.20. The lowest BCUT2D eigenvalue weighted by molar-refractivity contribution is 0.0683. The molecule has 6 heteroatoms. The minimum absolute atomic E-state index is 0.0211. The first-order valence-corrected chi connectivity index (χ1v) is 9.49. The van der Waals surface area contributed by atoms with E-state index in [2.05, 4.69) is 10.6 Å². The normalized spacial score (nSPS) is 10.5. The fourth-order valence-corrected chi connectivity index (χ4v) is 3.36. The molecule has 0 aliphatic heterocycles. The molecule has 0 radical (unpaired) electrons. The highest BCUT2D eigenvalue weighted by Crippen LogP contribution is 2.32. The van der Waals surface area contributed by atoms with Crippen LogP contribution in [0.5, 0.6) is 0 Å². The van der Waals surface area contributed by atoms with Crippen LogP contribution in [0.2, 0.25) is 0 Å². The van der Waals surface area contributed by atoms with E-state index in [0.717, 1.165) is 33.6 Å². The zero-order chi connectivity index (χ0) is 22.0. The summed E-state index contributed by atoms with van der Waals surface area (Å²) >= 11 is 0. The number of aryl methyl sites for hydroxylation is 4. The Hall–Kier alpha value is -3.80. The van der Waals surface area contributed by atoms with Crippen molar-refractivity contribution in [1.82, 2.24) is 0 Å². The van der Waals surface area contributed by atoms with Gasteiger partial charge in [0.1, 0.15) is 0 Å². The molecule has 0 saturated carbocycles. The molecule has 6 nitrogen and oxygen atoms in total. The molecule has 0 aromatic heterocycles. The summed E-state index contributed by atoms with van der Waals surface area (Å²) in [5, 5.41) is 25.7. The van der Waals surface area contributed by atoms with Crippen LogP contribution in [0.15, 0.2) is 48.5 Å². The van der Waals surface area contributed by atoms with Crippen molar-refractivity contribution in [2.45, 2.75) is 27.7 Å². The standard InChI is InChI=1S/C24H24N2O4/c1-13-5-7-19(15(3)9-13)25-21-11-18(24(29)30)22(12-17(21)23(27)28)26-20-8-6-14(2)10-16(20)4/h5-12,25-26H,1-4H3,(H,27,28)(H,29,30). The molecule has 0 amide bonds. The van der Waals surface area contributed by atoms with Gasteiger partial charge in [-0.05, 0) is 63.1 Å². The molecule has 30 heavy (non-hydrogen) atoms. The van der Waals surface area contributed by atoms with Crippen molar-refractivity contribution < 1.29 is 19.8 Å². The molecule has 3 rings (SSSR count). The summed E-state index contributed by atoms with van der Waals surface area (Å²) in [6.07, 6.45) is 0. The predicted molar refractivity (Wildman–Crippen MR) is 119 cm³/mol. The van der Waals surface area contributed by atoms with Crippen LogP contribution in [0.3, 0.4) is 0 Å². The predicted octanol–water partition coefficient (Wildman–Crippen LogP) is 5.80. The molecule has 3 aromatic carbocycles. The van der Waals surface area contributed by atoms with Gasteiger partial charge in [-0.2, -0.15) is 0 Å². The third-order valence-corrected chi connectivity index (χ3v) is 4.92. The topological polar surface area (TPSA) is 98.7 Å². The highest BCUT2D eigenvalue weighted by atomic mass is 16.4. The Morgan fingerprint density at radius 2 is 0.967 bits per heavy atom. The maximum absolute atomic E-state index is 11.9. The second-order valence-electron chi connectivity index (χ2n) is 7.44. The van der Waals surface area contributed by atoms with Crippen molar-refractivity contribution in [3.63, 3.8) is 0 Å². The minimum atomic E-state index is -1.15. The van der Waals surface area contributed by atoms with Gasteiger partial charge < -0.3 is 20.8 Å². The van der Waals surface area contributed by atoms with Gasteiger partial charge in [-0.1, -0.05) is 35.4 Å². The molecule has 0 aliphatic rings. The van der Waals surface area contributed by atoms with Gasteiger partial charge in [0.2, 0.25) is 0 Å². The molecule has 0 unspecified atom stereocenters. The molecule has 0 heterocycles. The van der Waals surface area contributed by atoms with Crippen LogP contribution in [0.25, 0.3) is 0 Å². The maximum Gasteiger partial charge on any atom is 0.337 e. The van der Waals surface area contributed by atoms with E-state index >= 15 is 0 Å². The van der Waals surface area contributed by atoms with Crippen LogP contribution in [-0.2, 0) is 0 Å². The number of hydrogen-bond acceptors (Lipinski definition) is 4. The first kappa shape index (κ1) is 20.9. The number of hydrogen-bond donors (Lipinski definition) is 4. The lowest BCUT2D eigenvalue weighted by atomic mass is 10.0. The van der Waals surface area contributed by atoms with E-state index in [1.54, 1.807) is 0 Å². The van der Waals surface area contributed by atoms with Crippen molar-refractivity contribution in [3.05, 3.63) is 81.9 Å². The van der Waals surface area contributed by atoms with Crippen molar-refractivity contribution >= 4 is 34.7 Å². The summed E-state index contributed by atoms with van der Waals surface area (Å²) in [6.45, 7) is 7.75. The Balaban J connectivity index is 2.09. The fourth-order valence-electron chi connectivity index (χ4n) is 3.36. The average molecular weight is 404 g/mol. The molecule has 0 spiro atoms. The molecule has 0 bridgehead atoms. The molecule has 0 aliphatic carbocycles. The number of carboxylic acids is 2. The van der Waals surface area contributed by atoms with Crippen LogP contribution in [0.1, 0.15) is 43.0 Å². The Morgan fingerprint density at radius 1 is 0.600 bits per heavy atom. The van der Waals surface area contributed by atoms with E-state index in [9.17, 15) is 19.8 Å². The minimum Gasteiger partial charge on any atom is -0.478 e. The van der Waals surface area contributed by atoms with Gasteiger partial charge in [0, 0.05) is 11.4 Å². The number of carbonyl (C=O) groups is 2. The smallest absolute Gasteiger partial charge is 0.337 e. The highest BCUT2D eigenvalue weighted by molar-refractivity contribution is 6.03. The Labute approximate surface area is 175 Å². The van der Waals surface area contributed by atoms with E-state index in [1.807, 2.05) is 64.1 Å². The number of aromatic carboxylic acids is 2. The van der Waals surface area contributed by atoms with Crippen molar-refractivity contribution in [2.75, 3.05) is 10.6 Å². The van der Waals surface area contributed by atoms with Crippen LogP contribution in [-0.4, -0.2) is 22.2 Å². The van der Waals surface area contributed by atoms with E-state index in [-0.39, 0.29) is 22.5 Å². The SMILES string of the molecule is Cc1ccc(Nc2cc(C(=O)O)c(Nc3ccc(C)cc3C)cc2C(=O)O)c(C)c1. The Kier molecular flexibility index (Phi) is 5.78. The van der Waals surface area contributed by atoms with Crippen LogP contribution >= 0.6 is 0 Å². The quantitative estimate of drug-likeness (QED) is 0.414. The monoisotopic (exact) mass is 404 g/mol. The maximum atomic E-state index is 11.9. The third kappa shape index (κ3) is 4.43. The van der Waals surface area contributed by atoms with E-state index in [0.29, 0.717) is 0 Å². The van der Waals surface area contributed by atoms with Gasteiger partial charge in [0.05, 0.1) is 22.5 Å². The summed E-state index contributed by atoms with van der Waals surface area (Å²) in [5.41, 5.74) is 5.85. The number of carboxylic acid groups (broad SMARTS) is 2. The Morgan fingerprint density at radius 3 is 1.27 bits per heavy atom. The third-order valence-electron chi connectivity index (χ3n) is 4.92. The average Bonchev–Trinajstić information content (AvgIpc) is 2.66. The van der Waals surface area contributed by atoms with E-state index < -0.39 is 11.9 Å². The first-order valence-electron chi connectivity index (χ1n) is 9.49. The number of benzene rings is 3. The van der Waals surface area contributed by atoms with Crippen molar-refractivity contribution in [1.29, 1.82) is 0 Å². The van der Waals surface area contributed by atoms with Crippen molar-refractivity contribution in [3.8, 4) is 0 Å². The zero-order valence-electron chi connectivity index (χ0n) is 17.3. The van der Waals surface area contributed by atoms with Gasteiger partial charge in [0.15, 0.2) is 0 Å². The summed E-state index contributed by atoms with van der Waals surface area (Å²) in [5.74, 6) is -2.30. The fraction of sp³-hybridized carbons (Fsp3) is 0.167. The van der Waals surface area contributed by atoms with Gasteiger partial charge in [-0.15, -0.1) is 0 Å². The number of rotatable bonds is 6. The summed E-state index contributed by atoms with van der Waals surface area (Å²) < 4.78 is 0. The van der Waals surface area contributed by atoms with Crippen LogP contribution in [0.4, 0.5) is 22.7 Å². The Bertz CT molecular complexity index is 1060.